The molecule has 1 aliphatic rings. The molecular weight excluding hydrogens is 354 g/mol. The van der Waals surface area contributed by atoms with E-state index in [2.05, 4.69) is 10.3 Å². The average Bonchev–Trinajstić information content (AvgIpc) is 2.64. The van der Waals surface area contributed by atoms with Gasteiger partial charge >= 0.3 is 0 Å². The van der Waals surface area contributed by atoms with Gasteiger partial charge in [-0.1, -0.05) is 18.2 Å². The zero-order valence-electron chi connectivity index (χ0n) is 14.8. The van der Waals surface area contributed by atoms with Crippen molar-refractivity contribution in [1.29, 1.82) is 0 Å². The van der Waals surface area contributed by atoms with Crippen LogP contribution in [0.1, 0.15) is 24.0 Å². The van der Waals surface area contributed by atoms with E-state index in [1.165, 1.54) is 17.0 Å². The Morgan fingerprint density at radius 3 is 2.81 bits per heavy atom. The minimum absolute atomic E-state index is 0.0301. The van der Waals surface area contributed by atoms with E-state index in [9.17, 15) is 18.7 Å². The van der Waals surface area contributed by atoms with Crippen molar-refractivity contribution in [3.05, 3.63) is 59.3 Å². The number of hydrogen-bond donors (Lipinski definition) is 3. The third kappa shape index (κ3) is 4.23. The number of benzene rings is 1. The smallest absolute Gasteiger partial charge is 0.256 e. The first-order chi connectivity index (χ1) is 12.9. The number of hydrogen-bond acceptors (Lipinski definition) is 5. The second-order valence-corrected chi connectivity index (χ2v) is 6.73. The minimum atomic E-state index is -1.60. The summed E-state index contributed by atoms with van der Waals surface area (Å²) in [6.45, 7) is 0.684. The predicted octanol–water partition coefficient (Wildman–Crippen LogP) is 1.59. The number of piperidine rings is 1. The van der Waals surface area contributed by atoms with E-state index >= 15 is 0 Å². The number of halogens is 2. The molecule has 4 N–H and O–H groups in total. The molecule has 1 aromatic heterocycles. The molecule has 2 aromatic rings. The number of nitrogens with zero attached hydrogens (tertiary/aromatic N) is 2. The van der Waals surface area contributed by atoms with E-state index in [1.54, 1.807) is 18.3 Å². The fourth-order valence-electron chi connectivity index (χ4n) is 3.26. The number of nitrogens with one attached hydrogen (secondary N) is 1. The normalized spacial score (nSPS) is 20.1. The lowest BCUT2D eigenvalue weighted by Gasteiger charge is -2.38. The molecule has 0 radical (unpaired) electrons. The van der Waals surface area contributed by atoms with Crippen molar-refractivity contribution in [3.8, 4) is 0 Å². The minimum Gasteiger partial charge on any atom is -0.383 e. The monoisotopic (exact) mass is 376 g/mol. The van der Waals surface area contributed by atoms with Gasteiger partial charge in [-0.05, 0) is 25.0 Å². The van der Waals surface area contributed by atoms with Crippen LogP contribution >= 0.6 is 0 Å². The van der Waals surface area contributed by atoms with E-state index in [-0.39, 0.29) is 18.7 Å². The molecule has 1 saturated heterocycles. The van der Waals surface area contributed by atoms with Gasteiger partial charge in [0.1, 0.15) is 5.82 Å². The summed E-state index contributed by atoms with van der Waals surface area (Å²) in [5.41, 5.74) is 5.03. The van der Waals surface area contributed by atoms with Crippen LogP contribution in [-0.2, 0) is 17.9 Å². The van der Waals surface area contributed by atoms with Gasteiger partial charge in [-0.2, -0.15) is 0 Å². The van der Waals surface area contributed by atoms with Crippen LogP contribution in [0.25, 0.3) is 0 Å². The molecule has 0 bridgehead atoms. The Morgan fingerprint density at radius 2 is 2.04 bits per heavy atom. The summed E-state index contributed by atoms with van der Waals surface area (Å²) in [5, 5.41) is 13.8. The highest BCUT2D eigenvalue weighted by Crippen LogP contribution is 2.25. The molecule has 144 valence electrons. The third-order valence-electron chi connectivity index (χ3n) is 4.76. The van der Waals surface area contributed by atoms with Crippen molar-refractivity contribution in [2.75, 3.05) is 18.8 Å². The van der Waals surface area contributed by atoms with Crippen LogP contribution in [-0.4, -0.2) is 39.6 Å². The molecule has 1 atom stereocenters. The number of nitrogens with two attached hydrogens (primary N) is 1. The second kappa shape index (κ2) is 7.98. The molecule has 1 aliphatic heterocycles. The number of likely N-dealkylation sites (tertiary alicyclic amines) is 1. The Balaban J connectivity index is 1.64. The molecule has 1 fully saturated rings. The summed E-state index contributed by atoms with van der Waals surface area (Å²) in [6, 6.07) is 7.42. The van der Waals surface area contributed by atoms with Crippen LogP contribution in [0, 0.1) is 11.6 Å². The van der Waals surface area contributed by atoms with Gasteiger partial charge in [0.05, 0.1) is 0 Å². The van der Waals surface area contributed by atoms with Crippen molar-refractivity contribution in [1.82, 2.24) is 15.2 Å². The number of pyridine rings is 1. The van der Waals surface area contributed by atoms with Gasteiger partial charge in [-0.3, -0.25) is 4.79 Å². The van der Waals surface area contributed by atoms with Crippen LogP contribution in [0.15, 0.2) is 36.5 Å². The molecule has 6 nitrogen and oxygen atoms in total. The van der Waals surface area contributed by atoms with Gasteiger partial charge in [-0.15, -0.1) is 0 Å². The van der Waals surface area contributed by atoms with Gasteiger partial charge in [0.15, 0.2) is 17.2 Å². The maximum Gasteiger partial charge on any atom is 0.256 e. The second-order valence-electron chi connectivity index (χ2n) is 6.73. The number of carbonyl (C=O) groups is 1. The molecule has 0 aliphatic carbocycles. The molecule has 8 heteroatoms. The highest BCUT2D eigenvalue weighted by atomic mass is 19.2. The highest BCUT2D eigenvalue weighted by Gasteiger charge is 2.42. The average molecular weight is 376 g/mol. The van der Waals surface area contributed by atoms with E-state index in [4.69, 9.17) is 5.73 Å². The van der Waals surface area contributed by atoms with Gasteiger partial charge in [0.25, 0.3) is 5.91 Å². The van der Waals surface area contributed by atoms with Crippen molar-refractivity contribution in [3.63, 3.8) is 0 Å². The standard InChI is InChI=1S/C19H22F2N4O2/c20-15-6-1-4-14(16(15)21)11-25-9-3-7-19(27,18(25)26)12-23-10-13-5-2-8-24-17(13)22/h1-2,4-6,8,23,27H,3,7,9-12H2,(H2,22,24)/t19-/m0/s1. The van der Waals surface area contributed by atoms with Crippen molar-refractivity contribution < 1.29 is 18.7 Å². The zero-order chi connectivity index (χ0) is 19.4. The summed E-state index contributed by atoms with van der Waals surface area (Å²) in [5.74, 6) is -2.04. The Labute approximate surface area is 156 Å². The molecule has 0 spiro atoms. The number of aliphatic hydroxyl groups is 1. The summed E-state index contributed by atoms with van der Waals surface area (Å²) in [4.78, 5) is 18.1. The maximum absolute atomic E-state index is 13.9. The fraction of sp³-hybridized carbons (Fsp3) is 0.368. The number of carbonyl (C=O) groups excluding carboxylic acids is 1. The largest absolute Gasteiger partial charge is 0.383 e. The number of anilines is 1. The topological polar surface area (TPSA) is 91.5 Å². The quantitative estimate of drug-likeness (QED) is 0.712. The third-order valence-corrected chi connectivity index (χ3v) is 4.76. The Morgan fingerprint density at radius 1 is 1.26 bits per heavy atom. The molecule has 1 amide bonds. The Hall–Kier alpha value is -2.58. The first-order valence-corrected chi connectivity index (χ1v) is 8.75. The first-order valence-electron chi connectivity index (χ1n) is 8.75. The highest BCUT2D eigenvalue weighted by molar-refractivity contribution is 5.86. The molecule has 2 heterocycles. The van der Waals surface area contributed by atoms with Crippen LogP contribution in [0.4, 0.5) is 14.6 Å². The fourth-order valence-corrected chi connectivity index (χ4v) is 3.26. The van der Waals surface area contributed by atoms with Crippen LogP contribution < -0.4 is 11.1 Å². The summed E-state index contributed by atoms with van der Waals surface area (Å²) >= 11 is 0. The number of nitrogen functional groups attached to an aromatic ring is 1. The summed E-state index contributed by atoms with van der Waals surface area (Å²) in [6.07, 6.45) is 2.44. The Kier molecular flexibility index (Phi) is 5.67. The maximum atomic E-state index is 13.9. The van der Waals surface area contributed by atoms with E-state index in [1.807, 2.05) is 0 Å². The predicted molar refractivity (Wildman–Crippen MR) is 96.3 cm³/mol. The molecule has 3 rings (SSSR count). The van der Waals surface area contributed by atoms with Gasteiger partial charge < -0.3 is 21.1 Å². The molecule has 1 aromatic carbocycles. The number of aromatic nitrogens is 1. The van der Waals surface area contributed by atoms with Gasteiger partial charge in [0.2, 0.25) is 0 Å². The molecule has 27 heavy (non-hydrogen) atoms. The SMILES string of the molecule is Nc1ncccc1CNC[C@@]1(O)CCCN(Cc2cccc(F)c2F)C1=O. The summed E-state index contributed by atoms with van der Waals surface area (Å²) in [7, 11) is 0. The van der Waals surface area contributed by atoms with E-state index in [0.717, 1.165) is 11.6 Å². The summed E-state index contributed by atoms with van der Waals surface area (Å²) < 4.78 is 27.3. The van der Waals surface area contributed by atoms with Crippen LogP contribution in [0.2, 0.25) is 0 Å². The lowest BCUT2D eigenvalue weighted by Crippen LogP contribution is -2.57. The lowest BCUT2D eigenvalue weighted by atomic mass is 9.91. The number of rotatable bonds is 6. The molecule has 0 unspecified atom stereocenters. The number of amides is 1. The lowest BCUT2D eigenvalue weighted by molar-refractivity contribution is -0.157. The zero-order valence-corrected chi connectivity index (χ0v) is 14.8. The van der Waals surface area contributed by atoms with E-state index in [0.29, 0.717) is 31.7 Å². The molecular formula is C19H22F2N4O2. The van der Waals surface area contributed by atoms with Crippen LogP contribution in [0.5, 0.6) is 0 Å². The van der Waals surface area contributed by atoms with Gasteiger partial charge in [0, 0.05) is 43.5 Å². The first kappa shape index (κ1) is 19.2. The molecule has 0 saturated carbocycles. The van der Waals surface area contributed by atoms with Crippen molar-refractivity contribution >= 4 is 11.7 Å². The Bertz CT molecular complexity index is 833. The van der Waals surface area contributed by atoms with Gasteiger partial charge in [-0.25, -0.2) is 13.8 Å². The van der Waals surface area contributed by atoms with Crippen molar-refractivity contribution in [2.45, 2.75) is 31.5 Å². The van der Waals surface area contributed by atoms with Crippen LogP contribution in [0.3, 0.4) is 0 Å². The van der Waals surface area contributed by atoms with E-state index < -0.39 is 23.1 Å². The van der Waals surface area contributed by atoms with Crippen molar-refractivity contribution in [2.24, 2.45) is 0 Å².